The number of carboxylic acid groups (broad SMARTS) is 2. The summed E-state index contributed by atoms with van der Waals surface area (Å²) in [7, 11) is 0. The molecule has 1 unspecified atom stereocenters. The number of halogens is 1. The van der Waals surface area contributed by atoms with E-state index in [1.165, 1.54) is 35.4 Å². The van der Waals surface area contributed by atoms with Crippen LogP contribution in [0.1, 0.15) is 28.9 Å². The van der Waals surface area contributed by atoms with Crippen LogP contribution in [0.4, 0.5) is 11.6 Å². The SMILES string of the molecule is Nc1nc2ncc(CN(C(=O)CCl)c3ccc(C(=O)NC(CCC(=O)O)C(=O)O)cc3)nc2c(=O)[nH]1. The monoisotopic (exact) mass is 517 g/mol. The van der Waals surface area contributed by atoms with Gasteiger partial charge in [0.15, 0.2) is 11.2 Å². The molecule has 188 valence electrons. The van der Waals surface area contributed by atoms with Crippen molar-refractivity contribution < 1.29 is 29.4 Å². The number of hydrogen-bond acceptors (Lipinski definition) is 9. The van der Waals surface area contributed by atoms with Crippen molar-refractivity contribution in [3.05, 3.63) is 52.1 Å². The predicted octanol–water partition coefficient (Wildman–Crippen LogP) is 0.115. The van der Waals surface area contributed by atoms with Crippen LogP contribution in [0.3, 0.4) is 0 Å². The number of aromatic nitrogens is 4. The third kappa shape index (κ3) is 6.29. The number of carbonyl (C=O) groups is 4. The van der Waals surface area contributed by atoms with Crippen molar-refractivity contribution in [3.63, 3.8) is 0 Å². The smallest absolute Gasteiger partial charge is 0.326 e. The molecule has 0 spiro atoms. The van der Waals surface area contributed by atoms with Gasteiger partial charge in [0.2, 0.25) is 11.9 Å². The van der Waals surface area contributed by atoms with Gasteiger partial charge in [0.1, 0.15) is 11.9 Å². The number of aromatic amines is 1. The van der Waals surface area contributed by atoms with Crippen molar-refractivity contribution in [1.29, 1.82) is 0 Å². The van der Waals surface area contributed by atoms with Crippen molar-refractivity contribution in [2.24, 2.45) is 0 Å². The summed E-state index contributed by atoms with van der Waals surface area (Å²) in [5.41, 5.74) is 5.54. The number of alkyl halides is 1. The molecule has 3 rings (SSSR count). The summed E-state index contributed by atoms with van der Waals surface area (Å²) in [6.45, 7) is -0.111. The minimum absolute atomic E-state index is 0.0357. The fourth-order valence-electron chi connectivity index (χ4n) is 3.16. The summed E-state index contributed by atoms with van der Waals surface area (Å²) in [6, 6.07) is 4.21. The van der Waals surface area contributed by atoms with Crippen LogP contribution in [0.25, 0.3) is 11.2 Å². The molecule has 14 nitrogen and oxygen atoms in total. The van der Waals surface area contributed by atoms with Crippen molar-refractivity contribution in [2.45, 2.75) is 25.4 Å². The quantitative estimate of drug-likeness (QED) is 0.227. The van der Waals surface area contributed by atoms with E-state index >= 15 is 0 Å². The molecule has 0 fully saturated rings. The minimum atomic E-state index is -1.39. The standard InChI is InChI=1S/C21H20ClN7O7/c22-7-14(30)29(9-11-8-24-17-16(25-11)19(34)28-21(23)27-17)12-3-1-10(2-4-12)18(33)26-13(20(35)36)5-6-15(31)32/h1-4,8,13H,5-7,9H2,(H,26,33)(H,31,32)(H,35,36)(H3,23,24,27,28,34). The second-order valence-corrected chi connectivity index (χ2v) is 7.71. The number of benzene rings is 1. The first-order valence-corrected chi connectivity index (χ1v) is 10.9. The highest BCUT2D eigenvalue weighted by Crippen LogP contribution is 2.19. The van der Waals surface area contributed by atoms with Gasteiger partial charge in [-0.05, 0) is 30.7 Å². The van der Waals surface area contributed by atoms with E-state index in [9.17, 15) is 29.1 Å². The van der Waals surface area contributed by atoms with Crippen LogP contribution < -0.4 is 21.5 Å². The summed E-state index contributed by atoms with van der Waals surface area (Å²) in [5.74, 6) is -4.28. The molecule has 0 aliphatic heterocycles. The summed E-state index contributed by atoms with van der Waals surface area (Å²) in [6.07, 6.45) is 0.608. The molecule has 0 saturated heterocycles. The second-order valence-electron chi connectivity index (χ2n) is 7.44. The molecule has 1 atom stereocenters. The Hall–Kier alpha value is -4.59. The average molecular weight is 518 g/mol. The van der Waals surface area contributed by atoms with Gasteiger partial charge in [0, 0.05) is 17.7 Å². The highest BCUT2D eigenvalue weighted by atomic mass is 35.5. The Morgan fingerprint density at radius 3 is 2.44 bits per heavy atom. The molecule has 6 N–H and O–H groups in total. The maximum atomic E-state index is 12.5. The maximum absolute atomic E-state index is 12.5. The normalized spacial score (nSPS) is 11.6. The number of nitrogen functional groups attached to an aromatic ring is 1. The number of carbonyl (C=O) groups excluding carboxylic acids is 2. The van der Waals surface area contributed by atoms with Crippen molar-refractivity contribution >= 4 is 58.2 Å². The zero-order chi connectivity index (χ0) is 26.4. The lowest BCUT2D eigenvalue weighted by Gasteiger charge is -2.22. The van der Waals surface area contributed by atoms with E-state index in [0.29, 0.717) is 5.69 Å². The Morgan fingerprint density at radius 2 is 1.83 bits per heavy atom. The number of carboxylic acids is 2. The van der Waals surface area contributed by atoms with Crippen LogP contribution in [-0.2, 0) is 20.9 Å². The van der Waals surface area contributed by atoms with Crippen molar-refractivity contribution in [3.8, 4) is 0 Å². The molecule has 2 heterocycles. The van der Waals surface area contributed by atoms with Gasteiger partial charge < -0.3 is 26.2 Å². The maximum Gasteiger partial charge on any atom is 0.326 e. The van der Waals surface area contributed by atoms with Crippen LogP contribution >= 0.6 is 11.6 Å². The van der Waals surface area contributed by atoms with Gasteiger partial charge in [0.25, 0.3) is 11.5 Å². The summed E-state index contributed by atoms with van der Waals surface area (Å²) >= 11 is 5.75. The van der Waals surface area contributed by atoms with E-state index in [2.05, 4.69) is 25.3 Å². The zero-order valence-electron chi connectivity index (χ0n) is 18.5. The largest absolute Gasteiger partial charge is 0.481 e. The molecule has 0 saturated carbocycles. The number of amides is 2. The lowest BCUT2D eigenvalue weighted by atomic mass is 10.1. The van der Waals surface area contributed by atoms with E-state index in [1.807, 2.05) is 0 Å². The number of fused-ring (bicyclic) bond motifs is 1. The van der Waals surface area contributed by atoms with E-state index in [4.69, 9.17) is 22.4 Å². The first kappa shape index (κ1) is 26.0. The fourth-order valence-corrected chi connectivity index (χ4v) is 3.31. The van der Waals surface area contributed by atoms with Crippen LogP contribution in [0.15, 0.2) is 35.3 Å². The molecule has 0 aliphatic rings. The predicted molar refractivity (Wildman–Crippen MR) is 126 cm³/mol. The molecule has 0 bridgehead atoms. The van der Waals surface area contributed by atoms with Gasteiger partial charge >= 0.3 is 11.9 Å². The molecule has 15 heteroatoms. The van der Waals surface area contributed by atoms with Gasteiger partial charge in [-0.25, -0.2) is 14.8 Å². The van der Waals surface area contributed by atoms with Gasteiger partial charge in [-0.15, -0.1) is 11.6 Å². The van der Waals surface area contributed by atoms with Crippen LogP contribution in [0.2, 0.25) is 0 Å². The molecule has 2 amide bonds. The Balaban J connectivity index is 1.81. The average Bonchev–Trinajstić information content (AvgIpc) is 2.84. The van der Waals surface area contributed by atoms with Gasteiger partial charge in [-0.2, -0.15) is 4.98 Å². The fraction of sp³-hybridized carbons (Fsp3) is 0.238. The summed E-state index contributed by atoms with van der Waals surface area (Å²) < 4.78 is 0. The van der Waals surface area contributed by atoms with Gasteiger partial charge in [-0.1, -0.05) is 0 Å². The van der Waals surface area contributed by atoms with Gasteiger partial charge in [0.05, 0.1) is 18.4 Å². The van der Waals surface area contributed by atoms with E-state index < -0.39 is 41.8 Å². The second kappa shape index (κ2) is 11.2. The lowest BCUT2D eigenvalue weighted by molar-refractivity contribution is -0.140. The molecule has 0 radical (unpaired) electrons. The van der Waals surface area contributed by atoms with Crippen LogP contribution in [0, 0.1) is 0 Å². The lowest BCUT2D eigenvalue weighted by Crippen LogP contribution is -2.41. The number of H-pyrrole nitrogens is 1. The molecule has 2 aromatic heterocycles. The number of hydrogen-bond donors (Lipinski definition) is 5. The molecule has 0 aliphatic carbocycles. The Bertz CT molecular complexity index is 1380. The van der Waals surface area contributed by atoms with E-state index in [-0.39, 0.29) is 47.2 Å². The Kier molecular flexibility index (Phi) is 8.11. The van der Waals surface area contributed by atoms with Crippen molar-refractivity contribution in [2.75, 3.05) is 16.5 Å². The summed E-state index contributed by atoms with van der Waals surface area (Å²) in [5, 5.41) is 20.2. The highest BCUT2D eigenvalue weighted by molar-refractivity contribution is 6.29. The first-order valence-electron chi connectivity index (χ1n) is 10.3. The molecular formula is C21H20ClN7O7. The molecule has 1 aromatic carbocycles. The van der Waals surface area contributed by atoms with E-state index in [0.717, 1.165) is 0 Å². The molecule has 3 aromatic rings. The number of nitrogens with one attached hydrogen (secondary N) is 2. The number of rotatable bonds is 10. The minimum Gasteiger partial charge on any atom is -0.481 e. The topological polar surface area (TPSA) is 222 Å². The van der Waals surface area contributed by atoms with Crippen molar-refractivity contribution in [1.82, 2.24) is 25.3 Å². The van der Waals surface area contributed by atoms with Crippen LogP contribution in [-0.4, -0.2) is 65.8 Å². The number of nitrogens with two attached hydrogens (primary N) is 1. The third-order valence-electron chi connectivity index (χ3n) is 4.91. The third-order valence-corrected chi connectivity index (χ3v) is 5.14. The first-order chi connectivity index (χ1) is 17.1. The zero-order valence-corrected chi connectivity index (χ0v) is 19.2. The molecule has 36 heavy (non-hydrogen) atoms. The van der Waals surface area contributed by atoms with Gasteiger partial charge in [-0.3, -0.25) is 24.2 Å². The van der Waals surface area contributed by atoms with Crippen LogP contribution in [0.5, 0.6) is 0 Å². The molecular weight excluding hydrogens is 498 g/mol. The number of nitrogens with zero attached hydrogens (tertiary/aromatic N) is 4. The highest BCUT2D eigenvalue weighted by Gasteiger charge is 2.22. The van der Waals surface area contributed by atoms with E-state index in [1.54, 1.807) is 0 Å². The number of aliphatic carboxylic acids is 2. The summed E-state index contributed by atoms with van der Waals surface area (Å²) in [4.78, 5) is 74.8. The number of anilines is 2. The Labute approximate surface area is 207 Å². The Morgan fingerprint density at radius 1 is 1.14 bits per heavy atom.